The molecule has 6 heteroatoms. The van der Waals surface area contributed by atoms with Gasteiger partial charge in [0, 0.05) is 17.7 Å². The highest BCUT2D eigenvalue weighted by atomic mass is 19.4. The molecule has 3 rings (SSSR count). The Balaban J connectivity index is 1.69. The molecule has 0 aliphatic carbocycles. The highest BCUT2D eigenvalue weighted by Crippen LogP contribution is 2.33. The van der Waals surface area contributed by atoms with E-state index in [4.69, 9.17) is 4.74 Å². The zero-order valence-corrected chi connectivity index (χ0v) is 17.1. The Kier molecular flexibility index (Phi) is 7.54. The number of nitriles is 1. The molecule has 0 fully saturated rings. The molecule has 162 valence electrons. The fourth-order valence-corrected chi connectivity index (χ4v) is 3.13. The van der Waals surface area contributed by atoms with Crippen LogP contribution in [0.2, 0.25) is 0 Å². The van der Waals surface area contributed by atoms with Crippen molar-refractivity contribution in [3.8, 4) is 23.7 Å². The number of alkyl halides is 3. The lowest BCUT2D eigenvalue weighted by Gasteiger charge is -2.09. The van der Waals surface area contributed by atoms with Gasteiger partial charge in [-0.05, 0) is 60.4 Å². The van der Waals surface area contributed by atoms with Gasteiger partial charge in [0.15, 0.2) is 0 Å². The van der Waals surface area contributed by atoms with Gasteiger partial charge in [-0.25, -0.2) is 0 Å². The summed E-state index contributed by atoms with van der Waals surface area (Å²) in [7, 11) is 0. The summed E-state index contributed by atoms with van der Waals surface area (Å²) in [6.45, 7) is 1.02. The van der Waals surface area contributed by atoms with Crippen molar-refractivity contribution in [3.63, 3.8) is 0 Å². The second-order valence-corrected chi connectivity index (χ2v) is 7.10. The van der Waals surface area contributed by atoms with Crippen molar-refractivity contribution in [2.45, 2.75) is 25.6 Å². The van der Waals surface area contributed by atoms with Crippen LogP contribution in [0.4, 0.5) is 13.2 Å². The highest BCUT2D eigenvalue weighted by Gasteiger charge is 2.33. The predicted octanol–water partition coefficient (Wildman–Crippen LogP) is 5.83. The van der Waals surface area contributed by atoms with Crippen molar-refractivity contribution in [2.75, 3.05) is 6.61 Å². The molecule has 0 atom stereocenters. The van der Waals surface area contributed by atoms with Crippen molar-refractivity contribution < 1.29 is 23.0 Å². The van der Waals surface area contributed by atoms with Gasteiger partial charge in [-0.15, -0.1) is 0 Å². The second-order valence-electron chi connectivity index (χ2n) is 7.10. The number of ether oxygens (including phenoxy) is 1. The van der Waals surface area contributed by atoms with Crippen LogP contribution in [-0.4, -0.2) is 11.7 Å². The first-order chi connectivity index (χ1) is 15.4. The van der Waals surface area contributed by atoms with Crippen molar-refractivity contribution in [1.29, 1.82) is 5.26 Å². The molecule has 0 saturated heterocycles. The number of benzene rings is 3. The third kappa shape index (κ3) is 6.38. The number of aryl methyl sites for hydroxylation is 1. The molecule has 0 heterocycles. The van der Waals surface area contributed by atoms with E-state index in [1.54, 1.807) is 18.2 Å². The van der Waals surface area contributed by atoms with Gasteiger partial charge < -0.3 is 9.84 Å². The monoisotopic (exact) mass is 435 g/mol. The lowest BCUT2D eigenvalue weighted by Crippen LogP contribution is -2.07. The van der Waals surface area contributed by atoms with Crippen molar-refractivity contribution in [2.24, 2.45) is 0 Å². The van der Waals surface area contributed by atoms with Gasteiger partial charge in [-0.2, -0.15) is 18.4 Å². The van der Waals surface area contributed by atoms with E-state index in [1.165, 1.54) is 6.07 Å². The lowest BCUT2D eigenvalue weighted by molar-refractivity contribution is -0.137. The number of rotatable bonds is 6. The first kappa shape index (κ1) is 22.9. The summed E-state index contributed by atoms with van der Waals surface area (Å²) in [5.41, 5.74) is 1.63. The topological polar surface area (TPSA) is 53.2 Å². The number of nitrogens with zero attached hydrogens (tertiary/aromatic N) is 1. The van der Waals surface area contributed by atoms with E-state index in [1.807, 2.05) is 30.3 Å². The molecule has 1 N–H and O–H groups in total. The molecule has 0 aromatic heterocycles. The van der Waals surface area contributed by atoms with Gasteiger partial charge >= 0.3 is 6.18 Å². The Hall–Kier alpha value is -3.74. The van der Waals surface area contributed by atoms with E-state index in [-0.39, 0.29) is 5.56 Å². The van der Waals surface area contributed by atoms with Crippen LogP contribution < -0.4 is 0 Å². The number of phenols is 1. The maximum atomic E-state index is 13.2. The summed E-state index contributed by atoms with van der Waals surface area (Å²) < 4.78 is 45.3. The quantitative estimate of drug-likeness (QED) is 0.391. The zero-order valence-electron chi connectivity index (χ0n) is 17.1. The minimum Gasteiger partial charge on any atom is -0.508 e. The minimum absolute atomic E-state index is 0.226. The lowest BCUT2D eigenvalue weighted by atomic mass is 10.0. The standard InChI is InChI=1S/C26H20F3NO2/c27-26(28,29)25-16-24(31)13-12-21(25)10-8-19-9-11-23(17-30)22(15-19)7-4-14-32-18-20-5-2-1-3-6-20/h1-3,5-6,9,11-13,15-16,31H,4,7,14,18H2. The molecule has 0 radical (unpaired) electrons. The highest BCUT2D eigenvalue weighted by molar-refractivity contribution is 5.52. The average molecular weight is 435 g/mol. The molecule has 0 bridgehead atoms. The predicted molar refractivity (Wildman–Crippen MR) is 115 cm³/mol. The molecule has 0 amide bonds. The Morgan fingerprint density at radius 3 is 2.38 bits per heavy atom. The summed E-state index contributed by atoms with van der Waals surface area (Å²) in [6.07, 6.45) is -3.35. The second kappa shape index (κ2) is 10.5. The van der Waals surface area contributed by atoms with Crippen LogP contribution in [0.25, 0.3) is 0 Å². The summed E-state index contributed by atoms with van der Waals surface area (Å²) in [5.74, 6) is 4.80. The van der Waals surface area contributed by atoms with Crippen molar-refractivity contribution in [1.82, 2.24) is 0 Å². The van der Waals surface area contributed by atoms with Crippen LogP contribution in [0.3, 0.4) is 0 Å². The summed E-state index contributed by atoms with van der Waals surface area (Å²) in [6, 6.07) is 19.8. The van der Waals surface area contributed by atoms with E-state index in [0.717, 1.165) is 17.2 Å². The molecular weight excluding hydrogens is 415 g/mol. The summed E-state index contributed by atoms with van der Waals surface area (Å²) in [5, 5.41) is 18.7. The van der Waals surface area contributed by atoms with Crippen LogP contribution >= 0.6 is 0 Å². The fourth-order valence-electron chi connectivity index (χ4n) is 3.13. The SMILES string of the molecule is N#Cc1ccc(C#Cc2ccc(O)cc2C(F)(F)F)cc1CCCOCc1ccccc1. The molecule has 32 heavy (non-hydrogen) atoms. The van der Waals surface area contributed by atoms with Gasteiger partial charge in [0.2, 0.25) is 0 Å². The van der Waals surface area contributed by atoms with Crippen LogP contribution in [0, 0.1) is 23.2 Å². The first-order valence-electron chi connectivity index (χ1n) is 9.94. The van der Waals surface area contributed by atoms with Crippen molar-refractivity contribution >= 4 is 0 Å². The van der Waals surface area contributed by atoms with E-state index < -0.39 is 17.5 Å². The Bertz CT molecular complexity index is 1170. The smallest absolute Gasteiger partial charge is 0.417 e. The Morgan fingerprint density at radius 2 is 1.66 bits per heavy atom. The van der Waals surface area contributed by atoms with Gasteiger partial charge in [0.05, 0.1) is 23.8 Å². The first-order valence-corrected chi connectivity index (χ1v) is 9.94. The van der Waals surface area contributed by atoms with E-state index in [0.29, 0.717) is 43.2 Å². The summed E-state index contributed by atoms with van der Waals surface area (Å²) >= 11 is 0. The van der Waals surface area contributed by atoms with Gasteiger partial charge in [0.1, 0.15) is 5.75 Å². The average Bonchev–Trinajstić information content (AvgIpc) is 2.78. The van der Waals surface area contributed by atoms with E-state index in [9.17, 15) is 23.5 Å². The van der Waals surface area contributed by atoms with Crippen LogP contribution in [-0.2, 0) is 23.9 Å². The maximum absolute atomic E-state index is 13.2. The number of hydrogen-bond donors (Lipinski definition) is 1. The van der Waals surface area contributed by atoms with Crippen molar-refractivity contribution in [3.05, 3.63) is 100 Å². The third-order valence-corrected chi connectivity index (χ3v) is 4.72. The van der Waals surface area contributed by atoms with E-state index >= 15 is 0 Å². The molecule has 0 aliphatic heterocycles. The number of aromatic hydroxyl groups is 1. The Morgan fingerprint density at radius 1 is 0.906 bits per heavy atom. The largest absolute Gasteiger partial charge is 0.508 e. The molecule has 3 aromatic rings. The molecule has 0 spiro atoms. The van der Waals surface area contributed by atoms with Crippen LogP contribution in [0.1, 0.15) is 39.8 Å². The molecular formula is C26H20F3NO2. The maximum Gasteiger partial charge on any atom is 0.417 e. The molecule has 0 unspecified atom stereocenters. The fraction of sp³-hybridized carbons (Fsp3) is 0.192. The van der Waals surface area contributed by atoms with Gasteiger partial charge in [-0.1, -0.05) is 42.2 Å². The van der Waals surface area contributed by atoms with Crippen LogP contribution in [0.15, 0.2) is 66.7 Å². The zero-order chi connectivity index (χ0) is 23.0. The third-order valence-electron chi connectivity index (χ3n) is 4.72. The number of phenolic OH excluding ortho intramolecular Hbond substituents is 1. The number of hydrogen-bond acceptors (Lipinski definition) is 3. The Labute approximate surface area is 184 Å². The molecule has 0 saturated carbocycles. The van der Waals surface area contributed by atoms with Gasteiger partial charge in [0.25, 0.3) is 0 Å². The summed E-state index contributed by atoms with van der Waals surface area (Å²) in [4.78, 5) is 0. The normalized spacial score (nSPS) is 10.8. The minimum atomic E-state index is -4.63. The molecule has 3 nitrogen and oxygen atoms in total. The van der Waals surface area contributed by atoms with E-state index in [2.05, 4.69) is 17.9 Å². The molecule has 3 aromatic carbocycles. The number of halogens is 3. The van der Waals surface area contributed by atoms with Gasteiger partial charge in [-0.3, -0.25) is 0 Å². The van der Waals surface area contributed by atoms with Crippen LogP contribution in [0.5, 0.6) is 5.75 Å². The molecule has 0 aliphatic rings.